The molecular weight excluding hydrogens is 340 g/mol. The van der Waals surface area contributed by atoms with Gasteiger partial charge in [0.15, 0.2) is 0 Å². The molecule has 0 fully saturated rings. The predicted octanol–water partition coefficient (Wildman–Crippen LogP) is 4.09. The van der Waals surface area contributed by atoms with E-state index in [1.165, 1.54) is 11.3 Å². The Morgan fingerprint density at radius 2 is 1.92 bits per heavy atom. The molecular formula is C17H20N4OS2. The monoisotopic (exact) mass is 360 g/mol. The summed E-state index contributed by atoms with van der Waals surface area (Å²) in [5, 5.41) is 6.48. The van der Waals surface area contributed by atoms with E-state index < -0.39 is 0 Å². The van der Waals surface area contributed by atoms with Crippen LogP contribution in [0.15, 0.2) is 46.2 Å². The van der Waals surface area contributed by atoms with E-state index in [0.717, 1.165) is 11.4 Å². The topological polar surface area (TPSA) is 37.4 Å². The number of benzene rings is 1. The molecule has 126 valence electrons. The van der Waals surface area contributed by atoms with Crippen molar-refractivity contribution in [3.8, 4) is 10.8 Å². The van der Waals surface area contributed by atoms with Crippen LogP contribution in [0.25, 0.3) is 10.8 Å². The molecule has 0 aliphatic heterocycles. The van der Waals surface area contributed by atoms with Crippen molar-refractivity contribution in [1.29, 1.82) is 0 Å². The molecule has 3 aromatic rings. The molecule has 0 aliphatic rings. The lowest BCUT2D eigenvalue weighted by atomic mass is 10.2. The number of aromatic nitrogens is 2. The van der Waals surface area contributed by atoms with Crippen LogP contribution in [0.2, 0.25) is 0 Å². The lowest BCUT2D eigenvalue weighted by molar-refractivity contribution is 0.241. The summed E-state index contributed by atoms with van der Waals surface area (Å²) in [6, 6.07) is 12.5. The zero-order valence-corrected chi connectivity index (χ0v) is 15.6. The maximum Gasteiger partial charge on any atom is 0.288 e. The Bertz CT molecular complexity index is 834. The first kappa shape index (κ1) is 16.9. The summed E-state index contributed by atoms with van der Waals surface area (Å²) in [4.78, 5) is 5.63. The fraction of sp³-hybridized carbons (Fsp3) is 0.294. The van der Waals surface area contributed by atoms with E-state index in [9.17, 15) is 0 Å². The van der Waals surface area contributed by atoms with E-state index in [-0.39, 0.29) is 0 Å². The van der Waals surface area contributed by atoms with Crippen molar-refractivity contribution in [3.05, 3.63) is 52.2 Å². The van der Waals surface area contributed by atoms with Gasteiger partial charge in [-0.25, -0.2) is 4.68 Å². The fourth-order valence-electron chi connectivity index (χ4n) is 2.39. The van der Waals surface area contributed by atoms with E-state index in [4.69, 9.17) is 16.6 Å². The van der Waals surface area contributed by atoms with Crippen LogP contribution >= 0.6 is 23.6 Å². The molecule has 0 amide bonds. The van der Waals surface area contributed by atoms with Crippen molar-refractivity contribution >= 4 is 29.2 Å². The van der Waals surface area contributed by atoms with Gasteiger partial charge in [-0.3, -0.25) is 4.90 Å². The van der Waals surface area contributed by atoms with Gasteiger partial charge in [-0.15, -0.1) is 16.4 Å². The average molecular weight is 361 g/mol. The van der Waals surface area contributed by atoms with Crippen molar-refractivity contribution in [1.82, 2.24) is 14.7 Å². The van der Waals surface area contributed by atoms with E-state index in [1.807, 2.05) is 38.7 Å². The van der Waals surface area contributed by atoms with Crippen LogP contribution in [0.1, 0.15) is 5.56 Å². The van der Waals surface area contributed by atoms with Gasteiger partial charge in [0.2, 0.25) is 0 Å². The molecule has 0 aliphatic carbocycles. The molecule has 0 unspecified atom stereocenters. The van der Waals surface area contributed by atoms with E-state index in [0.29, 0.717) is 17.4 Å². The number of nitrogens with zero attached hydrogens (tertiary/aromatic N) is 4. The Labute approximate surface area is 150 Å². The first-order valence-corrected chi connectivity index (χ1v) is 8.88. The zero-order chi connectivity index (χ0) is 17.1. The molecule has 7 heteroatoms. The van der Waals surface area contributed by atoms with Gasteiger partial charge >= 0.3 is 0 Å². The van der Waals surface area contributed by atoms with Crippen molar-refractivity contribution in [2.45, 2.75) is 13.2 Å². The minimum Gasteiger partial charge on any atom is -0.408 e. The third kappa shape index (κ3) is 3.92. The largest absolute Gasteiger partial charge is 0.408 e. The smallest absolute Gasteiger partial charge is 0.288 e. The Hall–Kier alpha value is -1.96. The highest BCUT2D eigenvalue weighted by Gasteiger charge is 2.11. The quantitative estimate of drug-likeness (QED) is 0.619. The summed E-state index contributed by atoms with van der Waals surface area (Å²) in [6.45, 7) is 1.40. The van der Waals surface area contributed by atoms with Crippen LogP contribution in [-0.4, -0.2) is 35.8 Å². The van der Waals surface area contributed by atoms with Gasteiger partial charge in [0.1, 0.15) is 0 Å². The Morgan fingerprint density at radius 1 is 1.17 bits per heavy atom. The molecule has 5 nitrogen and oxygen atoms in total. The molecule has 3 rings (SSSR count). The van der Waals surface area contributed by atoms with Gasteiger partial charge in [0.25, 0.3) is 10.7 Å². The van der Waals surface area contributed by atoms with Crippen LogP contribution in [0.3, 0.4) is 0 Å². The summed E-state index contributed by atoms with van der Waals surface area (Å²) < 4.78 is 7.32. The molecule has 0 bridgehead atoms. The summed E-state index contributed by atoms with van der Waals surface area (Å²) in [5.41, 5.74) is 2.44. The molecule has 2 aromatic heterocycles. The van der Waals surface area contributed by atoms with Crippen LogP contribution in [0.5, 0.6) is 0 Å². The summed E-state index contributed by atoms with van der Waals surface area (Å²) in [6.07, 6.45) is 0. The molecule has 0 N–H and O–H groups in total. The lowest BCUT2D eigenvalue weighted by Crippen LogP contribution is -2.22. The molecule has 0 saturated carbocycles. The standard InChI is InChI=1S/C17H20N4OS2/c1-19(2)14-8-6-13(7-9-14)11-20(3)12-21-17(23)22-16(18-21)15-5-4-10-24-15/h4-10H,11-12H2,1-3H3. The van der Waals surface area contributed by atoms with Crippen LogP contribution in [0.4, 0.5) is 5.69 Å². The second-order valence-corrected chi connectivity index (χ2v) is 7.16. The first-order valence-electron chi connectivity index (χ1n) is 7.59. The SMILES string of the molecule is CN(Cc1ccc(N(C)C)cc1)Cn1nc(-c2cccs2)oc1=S. The number of rotatable bonds is 6. The molecule has 0 atom stereocenters. The molecule has 2 heterocycles. The first-order chi connectivity index (χ1) is 11.5. The van der Waals surface area contributed by atoms with Crippen molar-refractivity contribution in [2.75, 3.05) is 26.0 Å². The highest BCUT2D eigenvalue weighted by atomic mass is 32.1. The Balaban J connectivity index is 1.66. The van der Waals surface area contributed by atoms with Crippen molar-refractivity contribution in [2.24, 2.45) is 0 Å². The molecule has 0 spiro atoms. The highest BCUT2D eigenvalue weighted by Crippen LogP contribution is 2.23. The number of hydrogen-bond acceptors (Lipinski definition) is 6. The van der Waals surface area contributed by atoms with Gasteiger partial charge in [-0.2, -0.15) is 0 Å². The Morgan fingerprint density at radius 3 is 2.54 bits per heavy atom. The maximum atomic E-state index is 5.60. The fourth-order valence-corrected chi connectivity index (χ4v) is 3.21. The second kappa shape index (κ2) is 7.29. The normalized spacial score (nSPS) is 11.2. The van der Waals surface area contributed by atoms with Crippen LogP contribution in [-0.2, 0) is 13.2 Å². The summed E-state index contributed by atoms with van der Waals surface area (Å²) in [5.74, 6) is 0.582. The van der Waals surface area contributed by atoms with Gasteiger partial charge < -0.3 is 9.32 Å². The zero-order valence-electron chi connectivity index (χ0n) is 14.0. The summed E-state index contributed by atoms with van der Waals surface area (Å²) >= 11 is 6.87. The number of hydrogen-bond donors (Lipinski definition) is 0. The average Bonchev–Trinajstić information content (AvgIpc) is 3.18. The molecule has 1 aromatic carbocycles. The lowest BCUT2D eigenvalue weighted by Gasteiger charge is -2.17. The number of anilines is 1. The highest BCUT2D eigenvalue weighted by molar-refractivity contribution is 7.71. The van der Waals surface area contributed by atoms with Crippen molar-refractivity contribution in [3.63, 3.8) is 0 Å². The van der Waals surface area contributed by atoms with Gasteiger partial charge in [0.05, 0.1) is 11.5 Å². The third-order valence-electron chi connectivity index (χ3n) is 3.62. The predicted molar refractivity (Wildman–Crippen MR) is 101 cm³/mol. The molecule has 0 saturated heterocycles. The van der Waals surface area contributed by atoms with Gasteiger partial charge in [-0.1, -0.05) is 18.2 Å². The second-order valence-electron chi connectivity index (χ2n) is 5.87. The van der Waals surface area contributed by atoms with Crippen LogP contribution in [0, 0.1) is 4.84 Å². The van der Waals surface area contributed by atoms with Crippen LogP contribution < -0.4 is 4.90 Å². The van der Waals surface area contributed by atoms with E-state index in [2.05, 4.69) is 39.2 Å². The molecule has 0 radical (unpaired) electrons. The van der Waals surface area contributed by atoms with Gasteiger partial charge in [0, 0.05) is 26.3 Å². The minimum atomic E-state index is 0.396. The van der Waals surface area contributed by atoms with Gasteiger partial charge in [-0.05, 0) is 48.4 Å². The minimum absolute atomic E-state index is 0.396. The van der Waals surface area contributed by atoms with Crippen molar-refractivity contribution < 1.29 is 4.42 Å². The summed E-state index contributed by atoms with van der Waals surface area (Å²) in [7, 11) is 6.12. The van der Waals surface area contributed by atoms with E-state index >= 15 is 0 Å². The maximum absolute atomic E-state index is 5.60. The molecule has 24 heavy (non-hydrogen) atoms. The number of thiophene rings is 1. The third-order valence-corrected chi connectivity index (χ3v) is 4.77. The van der Waals surface area contributed by atoms with E-state index in [1.54, 1.807) is 16.0 Å². The Kier molecular flexibility index (Phi) is 5.13.